The van der Waals surface area contributed by atoms with Crippen molar-refractivity contribution in [2.75, 3.05) is 5.73 Å². The Bertz CT molecular complexity index is 729. The van der Waals surface area contributed by atoms with Crippen molar-refractivity contribution in [1.29, 1.82) is 0 Å². The van der Waals surface area contributed by atoms with Crippen molar-refractivity contribution in [3.05, 3.63) is 59.7 Å². The fourth-order valence-corrected chi connectivity index (χ4v) is 2.99. The Morgan fingerprint density at radius 1 is 1.25 bits per heavy atom. The number of ether oxygens (including phenoxy) is 1. The van der Waals surface area contributed by atoms with Gasteiger partial charge in [0.15, 0.2) is 0 Å². The normalized spacial score (nSPS) is 18.2. The maximum absolute atomic E-state index is 12.3. The monoisotopic (exact) mass is 325 g/mol. The number of nitrogens with two attached hydrogens (primary N) is 1. The molecule has 0 saturated carbocycles. The molecule has 0 aliphatic carbocycles. The van der Waals surface area contributed by atoms with Crippen molar-refractivity contribution < 1.29 is 9.53 Å². The molecule has 1 atom stereocenters. The molecular formula is C19H23N3O2. The maximum Gasteiger partial charge on any atom is 0.315 e. The van der Waals surface area contributed by atoms with Crippen LogP contribution in [0.5, 0.6) is 5.75 Å². The minimum atomic E-state index is -0.347. The molecule has 5 heteroatoms. The molecule has 1 aliphatic rings. The molecule has 0 fully saturated rings. The zero-order valence-electron chi connectivity index (χ0n) is 14.0. The van der Waals surface area contributed by atoms with Crippen LogP contribution in [0.15, 0.2) is 48.5 Å². The minimum Gasteiger partial charge on any atom is -0.487 e. The van der Waals surface area contributed by atoms with Crippen LogP contribution >= 0.6 is 0 Å². The number of benzene rings is 2. The number of urea groups is 1. The van der Waals surface area contributed by atoms with Crippen LogP contribution in [0.2, 0.25) is 0 Å². The number of fused-ring (bicyclic) bond motifs is 1. The molecule has 2 aromatic carbocycles. The van der Waals surface area contributed by atoms with Crippen LogP contribution in [0.3, 0.4) is 0 Å². The zero-order valence-corrected chi connectivity index (χ0v) is 14.0. The molecule has 126 valence electrons. The van der Waals surface area contributed by atoms with Crippen molar-refractivity contribution in [2.45, 2.75) is 38.5 Å². The van der Waals surface area contributed by atoms with E-state index in [4.69, 9.17) is 10.5 Å². The Labute approximate surface area is 142 Å². The van der Waals surface area contributed by atoms with Gasteiger partial charge < -0.3 is 21.1 Å². The molecule has 5 nitrogen and oxygen atoms in total. The van der Waals surface area contributed by atoms with Gasteiger partial charge in [0.2, 0.25) is 0 Å². The number of hydrogen-bond acceptors (Lipinski definition) is 3. The minimum absolute atomic E-state index is 0.136. The van der Waals surface area contributed by atoms with Crippen LogP contribution < -0.4 is 21.1 Å². The van der Waals surface area contributed by atoms with Crippen molar-refractivity contribution in [2.24, 2.45) is 0 Å². The zero-order chi connectivity index (χ0) is 17.2. The third kappa shape index (κ3) is 3.79. The van der Waals surface area contributed by atoms with Crippen molar-refractivity contribution in [3.8, 4) is 5.75 Å². The number of amides is 2. The first-order valence-electron chi connectivity index (χ1n) is 8.10. The van der Waals surface area contributed by atoms with Crippen LogP contribution in [0.4, 0.5) is 10.5 Å². The summed E-state index contributed by atoms with van der Waals surface area (Å²) in [5.41, 5.74) is 8.19. The first-order valence-corrected chi connectivity index (χ1v) is 8.10. The first-order chi connectivity index (χ1) is 11.4. The molecule has 24 heavy (non-hydrogen) atoms. The number of nitrogens with one attached hydrogen (secondary N) is 2. The molecule has 4 N–H and O–H groups in total. The maximum atomic E-state index is 12.3. The van der Waals surface area contributed by atoms with Gasteiger partial charge in [0, 0.05) is 24.2 Å². The van der Waals surface area contributed by atoms with Gasteiger partial charge in [-0.25, -0.2) is 4.79 Å². The van der Waals surface area contributed by atoms with E-state index in [9.17, 15) is 4.79 Å². The number of anilines is 1. The Balaban J connectivity index is 1.70. The van der Waals surface area contributed by atoms with Crippen LogP contribution in [-0.2, 0) is 6.54 Å². The standard InChI is InChI=1S/C19H23N3O2/c1-19(2)11-16(15-10-14(20)8-9-17(15)24-19)22-18(23)21-12-13-6-4-3-5-7-13/h3-10,16H,11-12,20H2,1-2H3,(H2,21,22,23). The fraction of sp³-hybridized carbons (Fsp3) is 0.316. The summed E-state index contributed by atoms with van der Waals surface area (Å²) in [6, 6.07) is 15.0. The molecule has 1 unspecified atom stereocenters. The molecule has 0 bridgehead atoms. The summed E-state index contributed by atoms with van der Waals surface area (Å²) in [4.78, 5) is 12.3. The van der Waals surface area contributed by atoms with Gasteiger partial charge in [-0.2, -0.15) is 0 Å². The number of hydrogen-bond donors (Lipinski definition) is 3. The summed E-state index contributed by atoms with van der Waals surface area (Å²) in [7, 11) is 0. The third-order valence-electron chi connectivity index (χ3n) is 4.09. The van der Waals surface area contributed by atoms with Gasteiger partial charge in [-0.1, -0.05) is 30.3 Å². The van der Waals surface area contributed by atoms with Gasteiger partial charge in [0.05, 0.1) is 6.04 Å². The number of carbonyl (C=O) groups is 1. The summed E-state index contributed by atoms with van der Waals surface area (Å²) in [6.07, 6.45) is 0.683. The molecule has 0 radical (unpaired) electrons. The van der Waals surface area contributed by atoms with Crippen molar-refractivity contribution >= 4 is 11.7 Å². The van der Waals surface area contributed by atoms with Crippen LogP contribution in [0, 0.1) is 0 Å². The molecule has 2 amide bonds. The number of nitrogen functional groups attached to an aromatic ring is 1. The predicted octanol–water partition coefficient (Wildman–Crippen LogP) is 3.37. The number of carbonyl (C=O) groups excluding carboxylic acids is 1. The quantitative estimate of drug-likeness (QED) is 0.757. The Morgan fingerprint density at radius 3 is 2.75 bits per heavy atom. The largest absolute Gasteiger partial charge is 0.487 e. The molecule has 1 aliphatic heterocycles. The van der Waals surface area contributed by atoms with Crippen LogP contribution in [-0.4, -0.2) is 11.6 Å². The molecule has 3 rings (SSSR count). The lowest BCUT2D eigenvalue weighted by atomic mass is 9.89. The van der Waals surface area contributed by atoms with E-state index < -0.39 is 0 Å². The van der Waals surface area contributed by atoms with Crippen molar-refractivity contribution in [3.63, 3.8) is 0 Å². The summed E-state index contributed by atoms with van der Waals surface area (Å²) in [5.74, 6) is 0.772. The summed E-state index contributed by atoms with van der Waals surface area (Å²) >= 11 is 0. The van der Waals surface area contributed by atoms with E-state index in [1.165, 1.54) is 0 Å². The van der Waals surface area contributed by atoms with E-state index in [-0.39, 0.29) is 17.7 Å². The molecule has 0 spiro atoms. The highest BCUT2D eigenvalue weighted by atomic mass is 16.5. The van der Waals surface area contributed by atoms with Crippen LogP contribution in [0.25, 0.3) is 0 Å². The van der Waals surface area contributed by atoms with Gasteiger partial charge in [-0.3, -0.25) is 0 Å². The highest BCUT2D eigenvalue weighted by Crippen LogP contribution is 2.40. The average molecular weight is 325 g/mol. The molecule has 0 aromatic heterocycles. The van der Waals surface area contributed by atoms with Crippen molar-refractivity contribution in [1.82, 2.24) is 10.6 Å². The summed E-state index contributed by atoms with van der Waals surface area (Å²) in [6.45, 7) is 4.52. The lowest BCUT2D eigenvalue weighted by molar-refractivity contribution is 0.0679. The van der Waals surface area contributed by atoms with E-state index in [2.05, 4.69) is 10.6 Å². The second-order valence-corrected chi connectivity index (χ2v) is 6.73. The fourth-order valence-electron chi connectivity index (χ4n) is 2.99. The topological polar surface area (TPSA) is 76.4 Å². The Hall–Kier alpha value is -2.69. The summed E-state index contributed by atoms with van der Waals surface area (Å²) in [5, 5.41) is 5.94. The lowest BCUT2D eigenvalue weighted by Crippen LogP contribution is -2.44. The predicted molar refractivity (Wildman–Crippen MR) is 94.7 cm³/mol. The third-order valence-corrected chi connectivity index (χ3v) is 4.09. The average Bonchev–Trinajstić information content (AvgIpc) is 2.54. The van der Waals surface area contributed by atoms with Crippen LogP contribution in [0.1, 0.15) is 37.4 Å². The highest BCUT2D eigenvalue weighted by Gasteiger charge is 2.34. The smallest absolute Gasteiger partial charge is 0.315 e. The van der Waals surface area contributed by atoms with Gasteiger partial charge in [-0.15, -0.1) is 0 Å². The molecular weight excluding hydrogens is 302 g/mol. The van der Waals surface area contributed by atoms with E-state index in [0.717, 1.165) is 16.9 Å². The first kappa shape index (κ1) is 16.2. The Kier molecular flexibility index (Phi) is 4.34. The number of rotatable bonds is 3. The molecule has 1 heterocycles. The van der Waals surface area contributed by atoms with Gasteiger partial charge >= 0.3 is 6.03 Å². The molecule has 2 aromatic rings. The SMILES string of the molecule is CC1(C)CC(NC(=O)NCc2ccccc2)c2cc(N)ccc2O1. The summed E-state index contributed by atoms with van der Waals surface area (Å²) < 4.78 is 5.99. The van der Waals surface area contributed by atoms with E-state index in [1.807, 2.05) is 62.4 Å². The Morgan fingerprint density at radius 2 is 2.00 bits per heavy atom. The highest BCUT2D eigenvalue weighted by molar-refractivity contribution is 5.74. The van der Waals surface area contributed by atoms with E-state index >= 15 is 0 Å². The van der Waals surface area contributed by atoms with Gasteiger partial charge in [0.25, 0.3) is 0 Å². The lowest BCUT2D eigenvalue weighted by Gasteiger charge is -2.38. The second-order valence-electron chi connectivity index (χ2n) is 6.73. The van der Waals surface area contributed by atoms with Gasteiger partial charge in [0.1, 0.15) is 11.4 Å². The second kappa shape index (κ2) is 6.43. The van der Waals surface area contributed by atoms with E-state index in [0.29, 0.717) is 18.7 Å². The van der Waals surface area contributed by atoms with Gasteiger partial charge in [-0.05, 0) is 37.6 Å². The molecule has 0 saturated heterocycles. The van der Waals surface area contributed by atoms with E-state index in [1.54, 1.807) is 0 Å².